The molecule has 2 N–H and O–H groups in total. The fourth-order valence-electron chi connectivity index (χ4n) is 4.03. The molecule has 144 valence electrons. The summed E-state index contributed by atoms with van der Waals surface area (Å²) >= 11 is 9.96. The van der Waals surface area contributed by atoms with E-state index in [1.165, 1.54) is 6.92 Å². The van der Waals surface area contributed by atoms with E-state index in [2.05, 4.69) is 47.8 Å². The number of benzene rings is 1. The summed E-state index contributed by atoms with van der Waals surface area (Å²) in [4.78, 5) is 24.9. The van der Waals surface area contributed by atoms with Crippen molar-refractivity contribution < 1.29 is 34.0 Å². The Morgan fingerprint density at radius 3 is 2.52 bits per heavy atom. The highest BCUT2D eigenvalue weighted by molar-refractivity contribution is 9.11. The van der Waals surface area contributed by atoms with Gasteiger partial charge in [0.1, 0.15) is 11.7 Å². The second-order valence-electron chi connectivity index (χ2n) is 6.82. The van der Waals surface area contributed by atoms with Crippen LogP contribution in [-0.2, 0) is 19.0 Å². The molecular formula is C17H13Br3O7. The number of aliphatic hydroxyl groups is 2. The van der Waals surface area contributed by atoms with Crippen LogP contribution >= 0.6 is 47.8 Å². The summed E-state index contributed by atoms with van der Waals surface area (Å²) in [6.07, 6.45) is -2.27. The molecule has 2 heterocycles. The fraction of sp³-hybridized carbons (Fsp3) is 0.412. The van der Waals surface area contributed by atoms with E-state index < -0.39 is 47.9 Å². The Kier molecular flexibility index (Phi) is 4.70. The molecule has 27 heavy (non-hydrogen) atoms. The molecule has 2 aliphatic heterocycles. The number of hydrogen-bond donors (Lipinski definition) is 2. The van der Waals surface area contributed by atoms with Crippen molar-refractivity contribution >= 4 is 59.7 Å². The van der Waals surface area contributed by atoms with Crippen LogP contribution in [0.2, 0.25) is 0 Å². The molecular weight excluding hydrogens is 556 g/mol. The van der Waals surface area contributed by atoms with E-state index in [1.54, 1.807) is 12.1 Å². The van der Waals surface area contributed by atoms with Crippen LogP contribution in [-0.4, -0.2) is 46.3 Å². The maximum Gasteiger partial charge on any atom is 0.340 e. The van der Waals surface area contributed by atoms with Crippen LogP contribution in [0.15, 0.2) is 37.4 Å². The fourth-order valence-corrected chi connectivity index (χ4v) is 6.61. The minimum atomic E-state index is -1.67. The van der Waals surface area contributed by atoms with E-state index >= 15 is 0 Å². The lowest BCUT2D eigenvalue weighted by atomic mass is 9.81. The van der Waals surface area contributed by atoms with Gasteiger partial charge in [-0.3, -0.25) is 0 Å². The summed E-state index contributed by atoms with van der Waals surface area (Å²) in [6.45, 7) is 1.43. The molecule has 1 aromatic carbocycles. The SMILES string of the molecule is C[C@]1(O)[C@@H](OC(=O)c2c(Br)cc(Br)cc2Br)[C@H]2OC(=O)C3=COC(O)[C@H]1[C@@H]32. The van der Waals surface area contributed by atoms with Crippen LogP contribution in [0, 0.1) is 11.8 Å². The van der Waals surface area contributed by atoms with Gasteiger partial charge < -0.3 is 24.4 Å². The number of carbonyl (C=O) groups excluding carboxylic acids is 2. The topological polar surface area (TPSA) is 102 Å². The zero-order valence-electron chi connectivity index (χ0n) is 13.7. The normalized spacial score (nSPS) is 36.6. The van der Waals surface area contributed by atoms with Gasteiger partial charge >= 0.3 is 11.9 Å². The number of ether oxygens (including phenoxy) is 3. The second kappa shape index (κ2) is 6.55. The summed E-state index contributed by atoms with van der Waals surface area (Å²) in [6, 6.07) is 3.36. The predicted octanol–water partition coefficient (Wildman–Crippen LogP) is 2.65. The first kappa shape index (κ1) is 19.4. The zero-order valence-corrected chi connectivity index (χ0v) is 18.4. The lowest BCUT2D eigenvalue weighted by Crippen LogP contribution is -2.50. The molecule has 0 amide bonds. The summed E-state index contributed by atoms with van der Waals surface area (Å²) in [5.74, 6) is -2.81. The molecule has 3 aliphatic rings. The van der Waals surface area contributed by atoms with Crippen LogP contribution in [0.1, 0.15) is 17.3 Å². The molecule has 6 atom stereocenters. The third-order valence-corrected chi connectivity index (χ3v) is 6.92. The van der Waals surface area contributed by atoms with Gasteiger partial charge in [-0.05, 0) is 50.9 Å². The minimum Gasteiger partial charge on any atom is -0.472 e. The molecule has 0 aromatic heterocycles. The molecule has 7 nitrogen and oxygen atoms in total. The van der Waals surface area contributed by atoms with E-state index in [0.29, 0.717) is 8.95 Å². The van der Waals surface area contributed by atoms with Gasteiger partial charge in [0.2, 0.25) is 6.29 Å². The van der Waals surface area contributed by atoms with Crippen molar-refractivity contribution in [2.75, 3.05) is 0 Å². The molecule has 1 unspecified atom stereocenters. The van der Waals surface area contributed by atoms with Crippen molar-refractivity contribution in [2.45, 2.75) is 31.0 Å². The van der Waals surface area contributed by atoms with E-state index in [1.807, 2.05) is 0 Å². The van der Waals surface area contributed by atoms with Gasteiger partial charge in [-0.1, -0.05) is 15.9 Å². The van der Waals surface area contributed by atoms with Crippen LogP contribution in [0.3, 0.4) is 0 Å². The third kappa shape index (κ3) is 2.88. The van der Waals surface area contributed by atoms with Gasteiger partial charge in [0.25, 0.3) is 0 Å². The van der Waals surface area contributed by atoms with Gasteiger partial charge in [0.05, 0.1) is 23.3 Å². The van der Waals surface area contributed by atoms with Gasteiger partial charge in [0.15, 0.2) is 6.10 Å². The Morgan fingerprint density at radius 2 is 1.89 bits per heavy atom. The van der Waals surface area contributed by atoms with Crippen LogP contribution in [0.25, 0.3) is 0 Å². The lowest BCUT2D eigenvalue weighted by Gasteiger charge is -2.36. The van der Waals surface area contributed by atoms with Crippen LogP contribution < -0.4 is 0 Å². The maximum absolute atomic E-state index is 12.8. The minimum absolute atomic E-state index is 0.222. The molecule has 1 aliphatic carbocycles. The van der Waals surface area contributed by atoms with Crippen molar-refractivity contribution in [1.29, 1.82) is 0 Å². The van der Waals surface area contributed by atoms with Crippen molar-refractivity contribution in [3.63, 3.8) is 0 Å². The van der Waals surface area contributed by atoms with Crippen LogP contribution in [0.5, 0.6) is 0 Å². The third-order valence-electron chi connectivity index (χ3n) is 5.21. The average molecular weight is 569 g/mol. The second-order valence-corrected chi connectivity index (χ2v) is 9.44. The Morgan fingerprint density at radius 1 is 1.26 bits per heavy atom. The molecule has 0 spiro atoms. The highest BCUT2D eigenvalue weighted by Gasteiger charge is 2.69. The van der Waals surface area contributed by atoms with Gasteiger partial charge in [-0.2, -0.15) is 0 Å². The molecule has 0 radical (unpaired) electrons. The Labute approximate surface area is 179 Å². The molecule has 1 aromatic rings. The molecule has 1 saturated heterocycles. The highest BCUT2D eigenvalue weighted by atomic mass is 79.9. The van der Waals surface area contributed by atoms with Crippen molar-refractivity contribution in [3.8, 4) is 0 Å². The lowest BCUT2D eigenvalue weighted by molar-refractivity contribution is -0.182. The molecule has 4 rings (SSSR count). The number of carbonyl (C=O) groups is 2. The monoisotopic (exact) mass is 566 g/mol. The standard InChI is InChI=1S/C17H13Br3O7/c1-17(24)11-9-6(4-25-16(11)23)14(21)26-12(9)13(17)27-15(22)10-7(19)2-5(18)3-8(10)20/h2-4,9,11-13,16,23-24H,1H3/t9-,11-,12+,13+,16?,17-/m1/s1. The van der Waals surface area contributed by atoms with Gasteiger partial charge in [0, 0.05) is 19.3 Å². The summed E-state index contributed by atoms with van der Waals surface area (Å²) in [5.41, 5.74) is -1.22. The first-order valence-electron chi connectivity index (χ1n) is 7.95. The zero-order chi connectivity index (χ0) is 19.7. The molecule has 10 heteroatoms. The van der Waals surface area contributed by atoms with Gasteiger partial charge in [-0.25, -0.2) is 9.59 Å². The maximum atomic E-state index is 12.8. The van der Waals surface area contributed by atoms with E-state index in [-0.39, 0.29) is 11.1 Å². The first-order chi connectivity index (χ1) is 12.6. The Balaban J connectivity index is 1.69. The average Bonchev–Trinajstić information content (AvgIpc) is 2.97. The van der Waals surface area contributed by atoms with Crippen molar-refractivity contribution in [3.05, 3.63) is 42.9 Å². The molecule has 1 saturated carbocycles. The number of halogens is 3. The highest BCUT2D eigenvalue weighted by Crippen LogP contribution is 2.54. The van der Waals surface area contributed by atoms with E-state index in [4.69, 9.17) is 14.2 Å². The Bertz CT molecular complexity index is 858. The first-order valence-corrected chi connectivity index (χ1v) is 10.3. The number of aliphatic hydroxyl groups excluding tert-OH is 1. The number of esters is 2. The van der Waals surface area contributed by atoms with E-state index in [9.17, 15) is 19.8 Å². The van der Waals surface area contributed by atoms with Crippen LogP contribution in [0.4, 0.5) is 0 Å². The summed E-state index contributed by atoms with van der Waals surface area (Å²) in [5, 5.41) is 21.2. The largest absolute Gasteiger partial charge is 0.472 e. The quantitative estimate of drug-likeness (QED) is 0.529. The summed E-state index contributed by atoms with van der Waals surface area (Å²) < 4.78 is 17.7. The summed E-state index contributed by atoms with van der Waals surface area (Å²) in [7, 11) is 0. The smallest absolute Gasteiger partial charge is 0.340 e. The molecule has 2 fully saturated rings. The molecule has 0 bridgehead atoms. The van der Waals surface area contributed by atoms with E-state index in [0.717, 1.165) is 10.7 Å². The Hall–Kier alpha value is -0.940. The van der Waals surface area contributed by atoms with Gasteiger partial charge in [-0.15, -0.1) is 0 Å². The van der Waals surface area contributed by atoms with Crippen molar-refractivity contribution in [2.24, 2.45) is 11.8 Å². The predicted molar refractivity (Wildman–Crippen MR) is 101 cm³/mol. The van der Waals surface area contributed by atoms with Crippen molar-refractivity contribution in [1.82, 2.24) is 0 Å². The number of hydrogen-bond acceptors (Lipinski definition) is 7. The number of rotatable bonds is 2.